The van der Waals surface area contributed by atoms with Crippen molar-refractivity contribution in [1.29, 1.82) is 0 Å². The number of halogens is 3. The molecule has 0 radical (unpaired) electrons. The zero-order valence-corrected chi connectivity index (χ0v) is 19.8. The van der Waals surface area contributed by atoms with Crippen molar-refractivity contribution in [3.05, 3.63) is 62.3 Å². The summed E-state index contributed by atoms with van der Waals surface area (Å²) in [5, 5.41) is 21.8. The van der Waals surface area contributed by atoms with E-state index in [1.807, 2.05) is 30.5 Å². The summed E-state index contributed by atoms with van der Waals surface area (Å²) in [7, 11) is 0. The predicted octanol–water partition coefficient (Wildman–Crippen LogP) is 6.25. The molecule has 0 unspecified atom stereocenters. The molecule has 0 aliphatic rings. The van der Waals surface area contributed by atoms with E-state index < -0.39 is 0 Å². The SMILES string of the molecule is CSc1nccc(-c2nc(-c3c(Cl)cc(O)cc3Cl)n(O)c2-c2cccc(I)c2)n1. The first kappa shape index (κ1) is 21.2. The van der Waals surface area contributed by atoms with Gasteiger partial charge in [0.05, 0.1) is 21.3 Å². The third-order valence-corrected chi connectivity index (χ3v) is 6.09. The molecule has 0 amide bonds. The van der Waals surface area contributed by atoms with Crippen LogP contribution in [0.4, 0.5) is 0 Å². The summed E-state index contributed by atoms with van der Waals surface area (Å²) in [6.45, 7) is 0. The van der Waals surface area contributed by atoms with Gasteiger partial charge in [-0.3, -0.25) is 0 Å². The van der Waals surface area contributed by atoms with Crippen molar-refractivity contribution in [2.75, 3.05) is 6.26 Å². The normalized spacial score (nSPS) is 11.1. The van der Waals surface area contributed by atoms with Crippen molar-refractivity contribution in [2.45, 2.75) is 5.16 Å². The number of imidazole rings is 1. The first-order valence-electron chi connectivity index (χ1n) is 8.52. The molecule has 4 rings (SSSR count). The van der Waals surface area contributed by atoms with E-state index in [0.717, 1.165) is 13.9 Å². The van der Waals surface area contributed by atoms with E-state index in [1.54, 1.807) is 12.3 Å². The van der Waals surface area contributed by atoms with Crippen LogP contribution in [0.25, 0.3) is 34.0 Å². The van der Waals surface area contributed by atoms with Gasteiger partial charge in [0.2, 0.25) is 0 Å². The lowest BCUT2D eigenvalue weighted by Crippen LogP contribution is -1.99. The van der Waals surface area contributed by atoms with Crippen LogP contribution in [0.2, 0.25) is 10.0 Å². The van der Waals surface area contributed by atoms with Gasteiger partial charge in [0.15, 0.2) is 11.0 Å². The lowest BCUT2D eigenvalue weighted by molar-refractivity contribution is 0.195. The maximum absolute atomic E-state index is 11.1. The zero-order chi connectivity index (χ0) is 21.4. The second-order valence-corrected chi connectivity index (χ2v) is 9.00. The second-order valence-electron chi connectivity index (χ2n) is 6.17. The van der Waals surface area contributed by atoms with E-state index in [-0.39, 0.29) is 21.6 Å². The van der Waals surface area contributed by atoms with Crippen LogP contribution in [0.15, 0.2) is 53.8 Å². The summed E-state index contributed by atoms with van der Waals surface area (Å²) in [4.78, 5) is 13.4. The number of thioether (sulfide) groups is 1. The number of hydrogen-bond acceptors (Lipinski definition) is 6. The van der Waals surface area contributed by atoms with Crippen LogP contribution >= 0.6 is 57.6 Å². The molecule has 4 aromatic rings. The van der Waals surface area contributed by atoms with Crippen LogP contribution in [0.3, 0.4) is 0 Å². The number of aromatic hydroxyl groups is 1. The third kappa shape index (κ3) is 3.96. The molecule has 0 saturated heterocycles. The molecule has 6 nitrogen and oxygen atoms in total. The van der Waals surface area contributed by atoms with Gasteiger partial charge in [-0.25, -0.2) is 15.0 Å². The molecule has 0 bridgehead atoms. The smallest absolute Gasteiger partial charge is 0.187 e. The molecule has 2 aromatic carbocycles. The minimum atomic E-state index is -0.0803. The average molecular weight is 571 g/mol. The largest absolute Gasteiger partial charge is 0.508 e. The van der Waals surface area contributed by atoms with Gasteiger partial charge in [-0.1, -0.05) is 47.1 Å². The molecule has 0 spiro atoms. The number of benzene rings is 2. The van der Waals surface area contributed by atoms with Gasteiger partial charge in [0.1, 0.15) is 17.1 Å². The third-order valence-electron chi connectivity index (χ3n) is 4.26. The topological polar surface area (TPSA) is 84.1 Å². The maximum atomic E-state index is 11.1. The Morgan fingerprint density at radius 3 is 2.47 bits per heavy atom. The van der Waals surface area contributed by atoms with E-state index in [1.165, 1.54) is 23.9 Å². The Kier molecular flexibility index (Phi) is 6.10. The first-order chi connectivity index (χ1) is 14.4. The summed E-state index contributed by atoms with van der Waals surface area (Å²) in [6.07, 6.45) is 3.52. The van der Waals surface area contributed by atoms with Crippen LogP contribution in [0, 0.1) is 3.57 Å². The van der Waals surface area contributed by atoms with Gasteiger partial charge in [0, 0.05) is 15.3 Å². The molecule has 0 saturated carbocycles. The van der Waals surface area contributed by atoms with Crippen molar-refractivity contribution in [3.63, 3.8) is 0 Å². The number of phenolic OH excluding ortho intramolecular Hbond substituents is 1. The van der Waals surface area contributed by atoms with Crippen molar-refractivity contribution >= 4 is 57.6 Å². The molecule has 2 N–H and O–H groups in total. The summed E-state index contributed by atoms with van der Waals surface area (Å²) < 4.78 is 1.94. The maximum Gasteiger partial charge on any atom is 0.187 e. The molecule has 2 aromatic heterocycles. The van der Waals surface area contributed by atoms with Gasteiger partial charge < -0.3 is 10.3 Å². The Hall–Kier alpha value is -2.01. The Labute approximate surface area is 200 Å². The van der Waals surface area contributed by atoms with Crippen molar-refractivity contribution in [2.24, 2.45) is 0 Å². The fourth-order valence-electron chi connectivity index (χ4n) is 2.99. The highest BCUT2D eigenvalue weighted by molar-refractivity contribution is 14.1. The second kappa shape index (κ2) is 8.62. The Morgan fingerprint density at radius 1 is 1.07 bits per heavy atom. The van der Waals surface area contributed by atoms with Crippen molar-refractivity contribution in [3.8, 4) is 39.8 Å². The molecular weight excluding hydrogens is 558 g/mol. The quantitative estimate of drug-likeness (QED) is 0.131. The number of hydrogen-bond donors (Lipinski definition) is 2. The summed E-state index contributed by atoms with van der Waals surface area (Å²) in [5.74, 6) is 0.0569. The van der Waals surface area contributed by atoms with Crippen LogP contribution in [-0.4, -0.2) is 36.3 Å². The Morgan fingerprint density at radius 2 is 1.80 bits per heavy atom. The van der Waals surface area contributed by atoms with Crippen LogP contribution in [0.5, 0.6) is 5.75 Å². The Balaban J connectivity index is 2.03. The lowest BCUT2D eigenvalue weighted by atomic mass is 10.1. The Bertz CT molecular complexity index is 1240. The first-order valence-corrected chi connectivity index (χ1v) is 11.6. The fourth-order valence-corrected chi connectivity index (χ4v) is 4.54. The summed E-state index contributed by atoms with van der Waals surface area (Å²) in [6, 6.07) is 12.1. The average Bonchev–Trinajstić information content (AvgIpc) is 3.04. The summed E-state index contributed by atoms with van der Waals surface area (Å²) in [5.41, 5.74) is 2.48. The van der Waals surface area contributed by atoms with Crippen LogP contribution in [0.1, 0.15) is 0 Å². The number of phenols is 1. The van der Waals surface area contributed by atoms with Gasteiger partial charge >= 0.3 is 0 Å². The van der Waals surface area contributed by atoms with Gasteiger partial charge in [-0.15, -0.1) is 0 Å². The molecule has 0 aliphatic carbocycles. The highest BCUT2D eigenvalue weighted by Gasteiger charge is 2.25. The minimum Gasteiger partial charge on any atom is -0.508 e. The number of rotatable bonds is 4. The van der Waals surface area contributed by atoms with Crippen molar-refractivity contribution < 1.29 is 10.3 Å². The van der Waals surface area contributed by atoms with Crippen LogP contribution < -0.4 is 0 Å². The predicted molar refractivity (Wildman–Crippen MR) is 127 cm³/mol. The highest BCUT2D eigenvalue weighted by Crippen LogP contribution is 2.41. The van der Waals surface area contributed by atoms with E-state index in [9.17, 15) is 10.3 Å². The molecule has 0 aliphatic heterocycles. The molecule has 0 fully saturated rings. The van der Waals surface area contributed by atoms with Gasteiger partial charge in [0.25, 0.3) is 0 Å². The highest BCUT2D eigenvalue weighted by atomic mass is 127. The molecule has 10 heteroatoms. The van der Waals surface area contributed by atoms with E-state index in [0.29, 0.717) is 27.8 Å². The number of nitrogens with zero attached hydrogens (tertiary/aromatic N) is 4. The van der Waals surface area contributed by atoms with E-state index in [4.69, 9.17) is 23.2 Å². The fraction of sp³-hybridized carbons (Fsp3) is 0.0500. The molecule has 0 atom stereocenters. The van der Waals surface area contributed by atoms with Gasteiger partial charge in [-0.2, -0.15) is 4.73 Å². The lowest BCUT2D eigenvalue weighted by Gasteiger charge is -2.09. The van der Waals surface area contributed by atoms with E-state index >= 15 is 0 Å². The molecule has 2 heterocycles. The van der Waals surface area contributed by atoms with Crippen LogP contribution in [-0.2, 0) is 0 Å². The minimum absolute atomic E-state index is 0.0803. The van der Waals surface area contributed by atoms with Crippen molar-refractivity contribution in [1.82, 2.24) is 19.7 Å². The molecule has 152 valence electrons. The monoisotopic (exact) mass is 570 g/mol. The number of aromatic nitrogens is 4. The van der Waals surface area contributed by atoms with Gasteiger partial charge in [-0.05, 0) is 59.2 Å². The molecule has 30 heavy (non-hydrogen) atoms. The summed E-state index contributed by atoms with van der Waals surface area (Å²) >= 11 is 16.3. The molecular formula is C20H13Cl2IN4O2S. The standard InChI is InChI=1S/C20H13Cl2IN4O2S/c1-30-20-24-6-5-15(25-20)17-18(10-3-2-4-11(23)7-10)27(29)19(26-17)16-13(21)8-12(28)9-14(16)22/h2-9,28-29H,1H3. The zero-order valence-electron chi connectivity index (χ0n) is 15.3. The van der Waals surface area contributed by atoms with E-state index in [2.05, 4.69) is 37.5 Å².